The Labute approximate surface area is 162 Å². The lowest BCUT2D eigenvalue weighted by Crippen LogP contribution is -2.53. The average molecular weight is 465 g/mol. The Hall–Kier alpha value is 0.140. The summed E-state index contributed by atoms with van der Waals surface area (Å²) in [5.41, 5.74) is 1.13. The number of hydrogen-bond acceptors (Lipinski definition) is 4. The summed E-state index contributed by atoms with van der Waals surface area (Å²) in [6, 6.07) is 10.1. The molecule has 5 atom stereocenters. The maximum absolute atomic E-state index is 13.1. The van der Waals surface area contributed by atoms with Crippen molar-refractivity contribution < 1.29 is 14.4 Å². The third-order valence-corrected chi connectivity index (χ3v) is 7.43. The highest BCUT2D eigenvalue weighted by atomic mass is 127. The Balaban J connectivity index is 2.18. The van der Waals surface area contributed by atoms with Gasteiger partial charge in [0.2, 0.25) is 0 Å². The predicted molar refractivity (Wildman–Crippen MR) is 107 cm³/mol. The number of aliphatic hydroxyl groups excluding tert-OH is 1. The summed E-state index contributed by atoms with van der Waals surface area (Å²) >= 11 is 1.07. The summed E-state index contributed by atoms with van der Waals surface area (Å²) in [5.74, 6) is 0. The van der Waals surface area contributed by atoms with Gasteiger partial charge in [0.15, 0.2) is 6.29 Å². The molecule has 1 heterocycles. The van der Waals surface area contributed by atoms with Gasteiger partial charge in [-0.05, 0) is 46.1 Å². The molecule has 1 aromatic rings. The topological polar surface area (TPSA) is 55.8 Å². The molecule has 136 valence electrons. The van der Waals surface area contributed by atoms with Gasteiger partial charge in [-0.15, -0.1) is 4.31 Å². The third kappa shape index (κ3) is 5.32. The van der Waals surface area contributed by atoms with Gasteiger partial charge in [0.1, 0.15) is 4.75 Å². The van der Waals surface area contributed by atoms with Crippen LogP contribution in [0.15, 0.2) is 30.3 Å². The zero-order valence-corrected chi connectivity index (χ0v) is 17.8. The summed E-state index contributed by atoms with van der Waals surface area (Å²) in [5, 5.41) is 10.0. The zero-order chi connectivity index (χ0) is 17.9. The summed E-state index contributed by atoms with van der Waals surface area (Å²) < 4.78 is 20.7. The molecule has 1 aliphatic heterocycles. The largest absolute Gasteiger partial charge is 0.597 e. The zero-order valence-electron chi connectivity index (χ0n) is 14.8. The van der Waals surface area contributed by atoms with Crippen LogP contribution in [-0.2, 0) is 22.6 Å². The van der Waals surface area contributed by atoms with Gasteiger partial charge in [-0.3, -0.25) is 0 Å². The third-order valence-electron chi connectivity index (χ3n) is 4.26. The first-order chi connectivity index (χ1) is 11.2. The lowest BCUT2D eigenvalue weighted by molar-refractivity contribution is -0.168. The van der Waals surface area contributed by atoms with Crippen LogP contribution in [0.25, 0.3) is 0 Å². The lowest BCUT2D eigenvalue weighted by Gasteiger charge is -2.41. The molecular weight excluding hydrogens is 437 g/mol. The highest BCUT2D eigenvalue weighted by molar-refractivity contribution is 14.1. The Kier molecular flexibility index (Phi) is 7.40. The van der Waals surface area contributed by atoms with E-state index in [0.29, 0.717) is 6.54 Å². The lowest BCUT2D eigenvalue weighted by atomic mass is 10.0. The van der Waals surface area contributed by atoms with Gasteiger partial charge in [-0.25, -0.2) is 0 Å². The van der Waals surface area contributed by atoms with Crippen LogP contribution in [0.5, 0.6) is 0 Å². The molecule has 24 heavy (non-hydrogen) atoms. The van der Waals surface area contributed by atoms with Crippen molar-refractivity contribution in [1.82, 2.24) is 4.31 Å². The van der Waals surface area contributed by atoms with Crippen LogP contribution < -0.4 is 0 Å². The van der Waals surface area contributed by atoms with E-state index in [1.165, 1.54) is 0 Å². The van der Waals surface area contributed by atoms with Crippen molar-refractivity contribution in [3.05, 3.63) is 35.9 Å². The van der Waals surface area contributed by atoms with Gasteiger partial charge in [0.25, 0.3) is 0 Å². The van der Waals surface area contributed by atoms with Crippen LogP contribution in [0, 0.1) is 0 Å². The summed E-state index contributed by atoms with van der Waals surface area (Å²) in [4.78, 5) is 0. The van der Waals surface area contributed by atoms with Crippen LogP contribution in [-0.4, -0.2) is 41.1 Å². The van der Waals surface area contributed by atoms with Gasteiger partial charge >= 0.3 is 0 Å². The second-order valence-corrected chi connectivity index (χ2v) is 11.1. The molecule has 4 nitrogen and oxygen atoms in total. The Morgan fingerprint density at radius 1 is 1.33 bits per heavy atom. The van der Waals surface area contributed by atoms with E-state index >= 15 is 0 Å². The Morgan fingerprint density at radius 2 is 1.96 bits per heavy atom. The number of halogens is 1. The van der Waals surface area contributed by atoms with Crippen molar-refractivity contribution in [1.29, 1.82) is 0 Å². The van der Waals surface area contributed by atoms with E-state index in [9.17, 15) is 9.66 Å². The number of hydrogen-bond donors (Lipinski definition) is 1. The van der Waals surface area contributed by atoms with Crippen molar-refractivity contribution in [3.63, 3.8) is 0 Å². The fraction of sp³-hybridized carbons (Fsp3) is 0.667. The molecule has 1 aromatic carbocycles. The number of nitrogens with zero attached hydrogens (tertiary/aromatic N) is 1. The van der Waals surface area contributed by atoms with Crippen LogP contribution in [0.3, 0.4) is 0 Å². The molecule has 0 aromatic heterocycles. The fourth-order valence-electron chi connectivity index (χ4n) is 2.81. The van der Waals surface area contributed by atoms with E-state index < -0.39 is 17.7 Å². The fourth-order valence-corrected chi connectivity index (χ4v) is 4.74. The minimum Gasteiger partial charge on any atom is -0.597 e. The molecule has 1 aliphatic rings. The van der Waals surface area contributed by atoms with Gasteiger partial charge in [-0.1, -0.05) is 52.9 Å². The quantitative estimate of drug-likeness (QED) is 0.410. The monoisotopic (exact) mass is 465 g/mol. The molecule has 1 saturated heterocycles. The molecule has 2 rings (SSSR count). The maximum atomic E-state index is 13.1. The molecule has 0 saturated carbocycles. The number of alkyl halides is 1. The second-order valence-electron chi connectivity index (χ2n) is 7.32. The van der Waals surface area contributed by atoms with Crippen LogP contribution in [0.4, 0.5) is 0 Å². The molecule has 0 bridgehead atoms. The van der Waals surface area contributed by atoms with Crippen LogP contribution in [0.2, 0.25) is 0 Å². The standard InChI is InChI=1S/C18H28INO3S/c1-13(16-11-10-15(19)17(21)23-16)20(24(22)18(2,3)4)12-14-8-6-5-7-9-14/h5-9,13,15-17,21H,10-12H2,1-4H3. The number of ether oxygens (including phenoxy) is 1. The molecule has 0 aliphatic carbocycles. The van der Waals surface area contributed by atoms with E-state index in [-0.39, 0.29) is 20.8 Å². The van der Waals surface area contributed by atoms with Crippen molar-refractivity contribution >= 4 is 34.0 Å². The maximum Gasteiger partial charge on any atom is 0.166 e. The average Bonchev–Trinajstić information content (AvgIpc) is 2.54. The molecule has 0 amide bonds. The van der Waals surface area contributed by atoms with E-state index in [1.807, 2.05) is 43.3 Å². The van der Waals surface area contributed by atoms with E-state index in [1.54, 1.807) is 0 Å². The predicted octanol–water partition coefficient (Wildman–Crippen LogP) is 3.64. The molecule has 5 unspecified atom stereocenters. The SMILES string of the molecule is CC(C1CCC(I)C(O)O1)N(Cc1ccccc1)[S+]([O-])C(C)(C)C. The number of rotatable bonds is 5. The number of aliphatic hydroxyl groups is 1. The highest BCUT2D eigenvalue weighted by Gasteiger charge is 2.41. The summed E-state index contributed by atoms with van der Waals surface area (Å²) in [6.07, 6.45) is 0.936. The first kappa shape index (κ1) is 20.5. The molecule has 6 heteroatoms. The van der Waals surface area contributed by atoms with Gasteiger partial charge in [0.05, 0.1) is 22.6 Å². The van der Waals surface area contributed by atoms with E-state index in [2.05, 4.69) is 41.6 Å². The summed E-state index contributed by atoms with van der Waals surface area (Å²) in [7, 11) is 0. The molecule has 0 radical (unpaired) electrons. The first-order valence-electron chi connectivity index (χ1n) is 8.40. The Bertz CT molecular complexity index is 511. The van der Waals surface area contributed by atoms with Gasteiger partial charge in [-0.2, -0.15) is 0 Å². The molecule has 0 spiro atoms. The highest BCUT2D eigenvalue weighted by Crippen LogP contribution is 2.31. The van der Waals surface area contributed by atoms with Crippen LogP contribution in [0.1, 0.15) is 46.1 Å². The normalized spacial score (nSPS) is 27.9. The summed E-state index contributed by atoms with van der Waals surface area (Å²) in [6.45, 7) is 8.63. The van der Waals surface area contributed by atoms with Crippen molar-refractivity contribution in [2.75, 3.05) is 0 Å². The van der Waals surface area contributed by atoms with Crippen LogP contribution >= 0.6 is 22.6 Å². The minimum absolute atomic E-state index is 0.0381. The molecule has 1 N–H and O–H groups in total. The Morgan fingerprint density at radius 3 is 2.50 bits per heavy atom. The van der Waals surface area contributed by atoms with E-state index in [0.717, 1.165) is 18.4 Å². The van der Waals surface area contributed by atoms with Crippen molar-refractivity contribution in [2.45, 2.75) is 74.2 Å². The second kappa shape index (κ2) is 8.68. The van der Waals surface area contributed by atoms with E-state index in [4.69, 9.17) is 4.74 Å². The molecule has 1 fully saturated rings. The number of benzene rings is 1. The first-order valence-corrected chi connectivity index (χ1v) is 10.8. The molecular formula is C18H28INO3S. The van der Waals surface area contributed by atoms with Gasteiger partial charge in [0, 0.05) is 11.4 Å². The van der Waals surface area contributed by atoms with Crippen molar-refractivity contribution in [3.8, 4) is 0 Å². The van der Waals surface area contributed by atoms with Crippen molar-refractivity contribution in [2.24, 2.45) is 0 Å². The van der Waals surface area contributed by atoms with Gasteiger partial charge < -0.3 is 14.4 Å². The minimum atomic E-state index is -1.16. The smallest absolute Gasteiger partial charge is 0.166 e.